The predicted octanol–water partition coefficient (Wildman–Crippen LogP) is 2.05. The first-order valence-electron chi connectivity index (χ1n) is 6.20. The Labute approximate surface area is 138 Å². The molecule has 0 spiro atoms. The first-order chi connectivity index (χ1) is 9.44. The van der Waals surface area contributed by atoms with Gasteiger partial charge in [-0.25, -0.2) is 17.5 Å². The van der Waals surface area contributed by atoms with Crippen LogP contribution in [-0.4, -0.2) is 34.7 Å². The van der Waals surface area contributed by atoms with Crippen molar-refractivity contribution in [2.45, 2.75) is 23.8 Å². The van der Waals surface area contributed by atoms with Crippen LogP contribution in [0.5, 0.6) is 5.75 Å². The molecule has 9 heteroatoms. The lowest BCUT2D eigenvalue weighted by molar-refractivity contribution is 0.400. The van der Waals surface area contributed by atoms with E-state index in [-0.39, 0.29) is 40.1 Å². The second-order valence-corrected chi connectivity index (χ2v) is 7.15. The average molecular weight is 404 g/mol. The van der Waals surface area contributed by atoms with Gasteiger partial charge < -0.3 is 10.1 Å². The first kappa shape index (κ1) is 18.6. The van der Waals surface area contributed by atoms with Gasteiger partial charge in [0.05, 0.1) is 11.6 Å². The molecule has 1 fully saturated rings. The second-order valence-electron chi connectivity index (χ2n) is 4.56. The number of ether oxygens (including phenoxy) is 1. The zero-order chi connectivity index (χ0) is 14.8. The highest BCUT2D eigenvalue weighted by atomic mass is 79.9. The van der Waals surface area contributed by atoms with Crippen molar-refractivity contribution in [1.29, 1.82) is 0 Å². The minimum Gasteiger partial charge on any atom is -0.495 e. The van der Waals surface area contributed by atoms with Gasteiger partial charge in [-0.2, -0.15) is 0 Å². The Kier molecular flexibility index (Phi) is 6.86. The van der Waals surface area contributed by atoms with Crippen molar-refractivity contribution < 1.29 is 17.5 Å². The molecular weight excluding hydrogens is 387 g/mol. The number of methoxy groups -OCH3 is 1. The third-order valence-corrected chi connectivity index (χ3v) is 5.23. The van der Waals surface area contributed by atoms with Gasteiger partial charge in [0.25, 0.3) is 0 Å². The van der Waals surface area contributed by atoms with Crippen LogP contribution in [0.25, 0.3) is 0 Å². The number of benzene rings is 1. The highest BCUT2D eigenvalue weighted by Crippen LogP contribution is 2.29. The maximum Gasteiger partial charge on any atom is 0.244 e. The Morgan fingerprint density at radius 3 is 2.81 bits per heavy atom. The van der Waals surface area contributed by atoms with Crippen molar-refractivity contribution in [2.24, 2.45) is 0 Å². The molecule has 0 aliphatic carbocycles. The van der Waals surface area contributed by atoms with Gasteiger partial charge in [0.2, 0.25) is 10.0 Å². The van der Waals surface area contributed by atoms with Crippen LogP contribution in [-0.2, 0) is 10.0 Å². The SMILES string of the molecule is COc1cc(Br)c(F)cc1S(=O)(=O)NCC1CCCN1.Cl. The van der Waals surface area contributed by atoms with Crippen molar-refractivity contribution in [3.8, 4) is 5.75 Å². The minimum absolute atomic E-state index is 0. The van der Waals surface area contributed by atoms with Gasteiger partial charge in [-0.05, 0) is 47.4 Å². The topological polar surface area (TPSA) is 67.4 Å². The highest BCUT2D eigenvalue weighted by Gasteiger charge is 2.24. The maximum atomic E-state index is 13.6. The lowest BCUT2D eigenvalue weighted by atomic mass is 10.2. The molecule has 0 amide bonds. The fourth-order valence-electron chi connectivity index (χ4n) is 2.10. The van der Waals surface area contributed by atoms with E-state index in [4.69, 9.17) is 4.74 Å². The Hall–Kier alpha value is -0.410. The van der Waals surface area contributed by atoms with E-state index in [0.29, 0.717) is 0 Å². The van der Waals surface area contributed by atoms with Crippen LogP contribution < -0.4 is 14.8 Å². The molecular formula is C12H17BrClFN2O3S. The van der Waals surface area contributed by atoms with Gasteiger partial charge in [-0.15, -0.1) is 12.4 Å². The molecule has 1 aromatic rings. The summed E-state index contributed by atoms with van der Waals surface area (Å²) in [4.78, 5) is -0.196. The van der Waals surface area contributed by atoms with E-state index in [2.05, 4.69) is 26.0 Å². The molecule has 1 aromatic carbocycles. The molecule has 1 atom stereocenters. The number of hydrogen-bond donors (Lipinski definition) is 2. The molecule has 1 aliphatic heterocycles. The van der Waals surface area contributed by atoms with Gasteiger partial charge in [0, 0.05) is 12.6 Å². The molecule has 0 radical (unpaired) electrons. The molecule has 0 saturated carbocycles. The van der Waals surface area contributed by atoms with Crippen LogP contribution >= 0.6 is 28.3 Å². The lowest BCUT2D eigenvalue weighted by Gasteiger charge is -2.14. The smallest absolute Gasteiger partial charge is 0.244 e. The first-order valence-corrected chi connectivity index (χ1v) is 8.48. The van der Waals surface area contributed by atoms with E-state index >= 15 is 0 Å². The number of hydrogen-bond acceptors (Lipinski definition) is 4. The van der Waals surface area contributed by atoms with Gasteiger partial charge in [-0.1, -0.05) is 0 Å². The summed E-state index contributed by atoms with van der Waals surface area (Å²) in [6.45, 7) is 1.17. The Morgan fingerprint density at radius 2 is 2.24 bits per heavy atom. The largest absolute Gasteiger partial charge is 0.495 e. The van der Waals surface area contributed by atoms with Crippen LogP contribution in [0.4, 0.5) is 4.39 Å². The van der Waals surface area contributed by atoms with Crippen molar-refractivity contribution in [1.82, 2.24) is 10.0 Å². The van der Waals surface area contributed by atoms with Crippen molar-refractivity contribution in [3.63, 3.8) is 0 Å². The zero-order valence-electron chi connectivity index (χ0n) is 11.4. The monoisotopic (exact) mass is 402 g/mol. The summed E-state index contributed by atoms with van der Waals surface area (Å²) < 4.78 is 45.7. The van der Waals surface area contributed by atoms with Crippen LogP contribution in [0.15, 0.2) is 21.5 Å². The molecule has 120 valence electrons. The lowest BCUT2D eigenvalue weighted by Crippen LogP contribution is -2.37. The summed E-state index contributed by atoms with van der Waals surface area (Å²) in [6.07, 6.45) is 1.96. The summed E-state index contributed by atoms with van der Waals surface area (Å²) in [5, 5.41) is 3.19. The summed E-state index contributed by atoms with van der Waals surface area (Å²) in [6, 6.07) is 2.38. The normalized spacial score (nSPS) is 18.3. The van der Waals surface area contributed by atoms with Crippen LogP contribution in [0.1, 0.15) is 12.8 Å². The van der Waals surface area contributed by atoms with E-state index in [1.807, 2.05) is 0 Å². The molecule has 1 heterocycles. The minimum atomic E-state index is -3.81. The molecule has 0 bridgehead atoms. The third kappa shape index (κ3) is 4.53. The summed E-state index contributed by atoms with van der Waals surface area (Å²) >= 11 is 3.00. The summed E-state index contributed by atoms with van der Waals surface area (Å²) in [7, 11) is -2.46. The zero-order valence-corrected chi connectivity index (χ0v) is 14.6. The maximum absolute atomic E-state index is 13.6. The standard InChI is InChI=1S/C12H16BrFN2O3S.ClH/c1-19-11-5-9(13)10(14)6-12(11)20(17,18)16-7-8-3-2-4-15-8;/h5-6,8,15-16H,2-4,7H2,1H3;1H. The van der Waals surface area contributed by atoms with Gasteiger partial charge >= 0.3 is 0 Å². The number of sulfonamides is 1. The van der Waals surface area contributed by atoms with Gasteiger partial charge in [-0.3, -0.25) is 0 Å². The average Bonchev–Trinajstić information content (AvgIpc) is 2.92. The Balaban J connectivity index is 0.00000220. The molecule has 0 aromatic heterocycles. The quantitative estimate of drug-likeness (QED) is 0.790. The fraction of sp³-hybridized carbons (Fsp3) is 0.500. The predicted molar refractivity (Wildman–Crippen MR) is 84.1 cm³/mol. The Bertz CT molecular complexity index is 594. The van der Waals surface area contributed by atoms with E-state index in [9.17, 15) is 12.8 Å². The number of nitrogens with one attached hydrogen (secondary N) is 2. The van der Waals surface area contributed by atoms with Crippen molar-refractivity contribution in [2.75, 3.05) is 20.2 Å². The number of rotatable bonds is 5. The van der Waals surface area contributed by atoms with Gasteiger partial charge in [0.15, 0.2) is 0 Å². The van der Waals surface area contributed by atoms with Crippen molar-refractivity contribution >= 4 is 38.4 Å². The second kappa shape index (κ2) is 7.73. The molecule has 2 N–H and O–H groups in total. The van der Waals surface area contributed by atoms with E-state index < -0.39 is 15.8 Å². The third-order valence-electron chi connectivity index (χ3n) is 3.18. The highest BCUT2D eigenvalue weighted by molar-refractivity contribution is 9.10. The van der Waals surface area contributed by atoms with E-state index in [1.54, 1.807) is 0 Å². The van der Waals surface area contributed by atoms with Crippen LogP contribution in [0.2, 0.25) is 0 Å². The number of halogens is 3. The summed E-state index contributed by atoms with van der Waals surface area (Å²) in [5.74, 6) is -0.546. The Morgan fingerprint density at radius 1 is 1.52 bits per heavy atom. The molecule has 5 nitrogen and oxygen atoms in total. The summed E-state index contributed by atoms with van der Waals surface area (Å²) in [5.41, 5.74) is 0. The molecule has 21 heavy (non-hydrogen) atoms. The van der Waals surface area contributed by atoms with Crippen LogP contribution in [0.3, 0.4) is 0 Å². The van der Waals surface area contributed by atoms with Crippen molar-refractivity contribution in [3.05, 3.63) is 22.4 Å². The fourth-order valence-corrected chi connectivity index (χ4v) is 3.66. The van der Waals surface area contributed by atoms with Crippen LogP contribution in [0, 0.1) is 5.82 Å². The van der Waals surface area contributed by atoms with E-state index in [0.717, 1.165) is 25.5 Å². The molecule has 1 unspecified atom stereocenters. The molecule has 2 rings (SSSR count). The van der Waals surface area contributed by atoms with Gasteiger partial charge in [0.1, 0.15) is 16.5 Å². The van der Waals surface area contributed by atoms with E-state index in [1.165, 1.54) is 13.2 Å². The molecule has 1 saturated heterocycles. The molecule has 1 aliphatic rings.